The highest BCUT2D eigenvalue weighted by atomic mass is 35.5. The van der Waals surface area contributed by atoms with Crippen molar-refractivity contribution in [1.29, 1.82) is 0 Å². The number of ether oxygens (including phenoxy) is 1. The first-order valence-electron chi connectivity index (χ1n) is 7.68. The molecule has 0 saturated carbocycles. The van der Waals surface area contributed by atoms with Gasteiger partial charge in [-0.15, -0.1) is 0 Å². The van der Waals surface area contributed by atoms with Gasteiger partial charge < -0.3 is 10.1 Å². The van der Waals surface area contributed by atoms with Gasteiger partial charge in [0.15, 0.2) is 6.10 Å². The van der Waals surface area contributed by atoms with Crippen molar-refractivity contribution in [2.45, 2.75) is 25.6 Å². The molecule has 0 aliphatic carbocycles. The van der Waals surface area contributed by atoms with Crippen LogP contribution >= 0.6 is 23.2 Å². The third-order valence-corrected chi connectivity index (χ3v) is 4.07. The third kappa shape index (κ3) is 6.15. The molecular formula is C18H14Cl2F3NO3. The van der Waals surface area contributed by atoms with Gasteiger partial charge in [-0.1, -0.05) is 35.3 Å². The minimum atomic E-state index is -4.58. The van der Waals surface area contributed by atoms with Crippen LogP contribution in [0.1, 0.15) is 18.1 Å². The van der Waals surface area contributed by atoms with E-state index in [-0.39, 0.29) is 17.1 Å². The Labute approximate surface area is 163 Å². The van der Waals surface area contributed by atoms with Crippen molar-refractivity contribution in [3.63, 3.8) is 0 Å². The summed E-state index contributed by atoms with van der Waals surface area (Å²) in [5, 5.41) is 2.67. The van der Waals surface area contributed by atoms with Gasteiger partial charge in [0.25, 0.3) is 5.91 Å². The van der Waals surface area contributed by atoms with Crippen LogP contribution in [0.3, 0.4) is 0 Å². The summed E-state index contributed by atoms with van der Waals surface area (Å²) in [6, 6.07) is 9.02. The molecule has 0 fully saturated rings. The van der Waals surface area contributed by atoms with E-state index in [0.717, 1.165) is 12.1 Å². The second-order valence-electron chi connectivity index (χ2n) is 5.62. The smallest absolute Gasteiger partial charge is 0.416 e. The molecule has 2 aromatic rings. The lowest BCUT2D eigenvalue weighted by atomic mass is 10.1. The number of hydrogen-bond acceptors (Lipinski definition) is 3. The Morgan fingerprint density at radius 3 is 2.33 bits per heavy atom. The monoisotopic (exact) mass is 419 g/mol. The van der Waals surface area contributed by atoms with E-state index in [2.05, 4.69) is 5.32 Å². The topological polar surface area (TPSA) is 55.4 Å². The van der Waals surface area contributed by atoms with Crippen LogP contribution in [0.2, 0.25) is 10.0 Å². The van der Waals surface area contributed by atoms with E-state index in [1.165, 1.54) is 6.92 Å². The van der Waals surface area contributed by atoms with Crippen LogP contribution in [0.15, 0.2) is 42.5 Å². The maximum atomic E-state index is 12.8. The Morgan fingerprint density at radius 2 is 1.74 bits per heavy atom. The van der Waals surface area contributed by atoms with Gasteiger partial charge in [0.2, 0.25) is 0 Å². The van der Waals surface area contributed by atoms with Crippen molar-refractivity contribution in [2.75, 3.05) is 5.32 Å². The number of amides is 1. The summed E-state index contributed by atoms with van der Waals surface area (Å²) in [4.78, 5) is 24.0. The van der Waals surface area contributed by atoms with Crippen LogP contribution < -0.4 is 5.32 Å². The van der Waals surface area contributed by atoms with Gasteiger partial charge in [-0.2, -0.15) is 13.2 Å². The highest BCUT2D eigenvalue weighted by molar-refractivity contribution is 6.33. The number of alkyl halides is 3. The minimum absolute atomic E-state index is 0.0731. The summed E-state index contributed by atoms with van der Waals surface area (Å²) in [7, 11) is 0. The second kappa shape index (κ2) is 8.63. The van der Waals surface area contributed by atoms with Crippen LogP contribution in [0, 0.1) is 0 Å². The van der Waals surface area contributed by atoms with Crippen LogP contribution in [0.25, 0.3) is 0 Å². The van der Waals surface area contributed by atoms with E-state index < -0.39 is 29.7 Å². The molecule has 0 aromatic heterocycles. The van der Waals surface area contributed by atoms with Crippen molar-refractivity contribution < 1.29 is 27.5 Å². The highest BCUT2D eigenvalue weighted by Crippen LogP contribution is 2.33. The number of rotatable bonds is 5. The van der Waals surface area contributed by atoms with Crippen molar-refractivity contribution in [3.8, 4) is 0 Å². The Kier molecular flexibility index (Phi) is 6.73. The first-order valence-corrected chi connectivity index (χ1v) is 8.43. The molecule has 0 saturated heterocycles. The zero-order chi connectivity index (χ0) is 20.2. The number of hydrogen-bond donors (Lipinski definition) is 1. The fourth-order valence-electron chi connectivity index (χ4n) is 2.09. The second-order valence-corrected chi connectivity index (χ2v) is 6.46. The Bertz CT molecular complexity index is 839. The zero-order valence-corrected chi connectivity index (χ0v) is 15.5. The lowest BCUT2D eigenvalue weighted by Gasteiger charge is -2.15. The molecule has 0 unspecified atom stereocenters. The van der Waals surface area contributed by atoms with Crippen molar-refractivity contribution >= 4 is 40.8 Å². The molecule has 1 N–H and O–H groups in total. The van der Waals surface area contributed by atoms with Crippen molar-refractivity contribution in [3.05, 3.63) is 63.6 Å². The molecule has 0 radical (unpaired) electrons. The van der Waals surface area contributed by atoms with Gasteiger partial charge in [-0.05, 0) is 42.8 Å². The molecule has 0 bridgehead atoms. The summed E-state index contributed by atoms with van der Waals surface area (Å²) in [5.41, 5.74) is -0.551. The summed E-state index contributed by atoms with van der Waals surface area (Å²) in [6.45, 7) is 1.30. The number of nitrogens with one attached hydrogen (secondary N) is 1. The predicted octanol–water partition coefficient (Wildman–Crippen LogP) is 5.13. The van der Waals surface area contributed by atoms with Crippen LogP contribution in [0.4, 0.5) is 18.9 Å². The molecule has 1 amide bonds. The Balaban J connectivity index is 1.99. The summed E-state index contributed by atoms with van der Waals surface area (Å²) in [5.74, 6) is -1.48. The number of esters is 1. The van der Waals surface area contributed by atoms with Gasteiger partial charge in [-0.25, -0.2) is 0 Å². The molecule has 144 valence electrons. The molecule has 0 spiro atoms. The third-order valence-electron chi connectivity index (χ3n) is 3.49. The molecule has 9 heteroatoms. The fourth-order valence-corrected chi connectivity index (χ4v) is 2.38. The van der Waals surface area contributed by atoms with E-state index in [1.807, 2.05) is 0 Å². The highest BCUT2D eigenvalue weighted by Gasteiger charge is 2.31. The number of carbonyl (C=O) groups is 2. The molecule has 0 heterocycles. The van der Waals surface area contributed by atoms with E-state index in [9.17, 15) is 22.8 Å². The molecular weight excluding hydrogens is 406 g/mol. The minimum Gasteiger partial charge on any atom is -0.452 e. The Hall–Kier alpha value is -2.25. The normalized spacial score (nSPS) is 12.4. The van der Waals surface area contributed by atoms with Gasteiger partial charge in [0.1, 0.15) is 0 Å². The molecule has 2 aromatic carbocycles. The molecule has 2 rings (SSSR count). The Morgan fingerprint density at radius 1 is 1.11 bits per heavy atom. The quantitative estimate of drug-likeness (QED) is 0.683. The first kappa shape index (κ1) is 21.1. The van der Waals surface area contributed by atoms with E-state index in [4.69, 9.17) is 27.9 Å². The maximum absolute atomic E-state index is 12.8. The van der Waals surface area contributed by atoms with E-state index >= 15 is 0 Å². The summed E-state index contributed by atoms with van der Waals surface area (Å²) >= 11 is 11.6. The maximum Gasteiger partial charge on any atom is 0.416 e. The number of anilines is 1. The molecule has 27 heavy (non-hydrogen) atoms. The zero-order valence-electron chi connectivity index (χ0n) is 13.9. The molecule has 0 aliphatic heterocycles. The summed E-state index contributed by atoms with van der Waals surface area (Å²) < 4.78 is 43.3. The standard InChI is InChI=1S/C18H14Cl2F3NO3/c1-10(27-16(25)8-11-2-5-13(19)6-3-11)17(26)24-15-9-12(18(21,22)23)4-7-14(15)20/h2-7,9-10H,8H2,1H3,(H,24,26)/t10-/m1/s1. The van der Waals surface area contributed by atoms with Gasteiger partial charge in [-0.3, -0.25) is 9.59 Å². The average molecular weight is 420 g/mol. The van der Waals surface area contributed by atoms with Crippen LogP contribution in [-0.4, -0.2) is 18.0 Å². The number of carbonyl (C=O) groups excluding carboxylic acids is 2. The first-order chi connectivity index (χ1) is 12.6. The fraction of sp³-hybridized carbons (Fsp3) is 0.222. The number of benzene rings is 2. The average Bonchev–Trinajstić information content (AvgIpc) is 2.57. The molecule has 4 nitrogen and oxygen atoms in total. The van der Waals surface area contributed by atoms with E-state index in [0.29, 0.717) is 16.7 Å². The van der Waals surface area contributed by atoms with Gasteiger partial charge in [0.05, 0.1) is 22.7 Å². The number of halogens is 5. The molecule has 0 aliphatic rings. The predicted molar refractivity (Wildman–Crippen MR) is 95.8 cm³/mol. The van der Waals surface area contributed by atoms with Crippen LogP contribution in [0.5, 0.6) is 0 Å². The molecule has 1 atom stereocenters. The SMILES string of the molecule is C[C@@H](OC(=O)Cc1ccc(Cl)cc1)C(=O)Nc1cc(C(F)(F)F)ccc1Cl. The van der Waals surface area contributed by atoms with Crippen molar-refractivity contribution in [1.82, 2.24) is 0 Å². The lowest BCUT2D eigenvalue weighted by molar-refractivity contribution is -0.152. The summed E-state index contributed by atoms with van der Waals surface area (Å²) in [6.07, 6.45) is -5.89. The van der Waals surface area contributed by atoms with Crippen LogP contribution in [-0.2, 0) is 26.9 Å². The van der Waals surface area contributed by atoms with E-state index in [1.54, 1.807) is 24.3 Å². The van der Waals surface area contributed by atoms with Gasteiger partial charge in [0, 0.05) is 5.02 Å². The lowest BCUT2D eigenvalue weighted by Crippen LogP contribution is -2.30. The van der Waals surface area contributed by atoms with Crippen molar-refractivity contribution in [2.24, 2.45) is 0 Å². The van der Waals surface area contributed by atoms with Gasteiger partial charge >= 0.3 is 12.1 Å². The largest absolute Gasteiger partial charge is 0.452 e.